The van der Waals surface area contributed by atoms with Gasteiger partial charge in [-0.3, -0.25) is 0 Å². The number of rotatable bonds is 12. The number of nitrogens with zero attached hydrogens (tertiary/aromatic N) is 2. The largest absolute Gasteiger partial charge is 0.487 e. The van der Waals surface area contributed by atoms with Gasteiger partial charge >= 0.3 is 0 Å². The van der Waals surface area contributed by atoms with Crippen LogP contribution >= 0.6 is 23.4 Å². The minimum atomic E-state index is -0.302. The number of nitrogen functional groups attached to an aromatic ring is 1. The van der Waals surface area contributed by atoms with Gasteiger partial charge in [0.25, 0.3) is 0 Å². The number of ether oxygens (including phenoxy) is 1. The van der Waals surface area contributed by atoms with Gasteiger partial charge in [-0.25, -0.2) is 14.4 Å². The number of aromatic nitrogens is 2. The molecule has 0 spiro atoms. The maximum atomic E-state index is 13.3. The molecule has 0 aliphatic carbocycles. The Morgan fingerprint density at radius 3 is 2.69 bits per heavy atom. The van der Waals surface area contributed by atoms with Crippen LogP contribution in [0.3, 0.4) is 0 Å². The lowest BCUT2D eigenvalue weighted by Crippen LogP contribution is -2.03. The summed E-state index contributed by atoms with van der Waals surface area (Å²) in [6, 6.07) is 11.6. The van der Waals surface area contributed by atoms with Crippen LogP contribution < -0.4 is 21.5 Å². The first-order valence-electron chi connectivity index (χ1n) is 10.4. The van der Waals surface area contributed by atoms with Crippen molar-refractivity contribution in [3.05, 3.63) is 65.2 Å². The molecule has 2 aromatic carbocycles. The third-order valence-electron chi connectivity index (χ3n) is 4.66. The van der Waals surface area contributed by atoms with Gasteiger partial charge in [0.15, 0.2) is 5.82 Å². The zero-order valence-electron chi connectivity index (χ0n) is 17.7. The van der Waals surface area contributed by atoms with Crippen LogP contribution in [0.1, 0.15) is 31.2 Å². The van der Waals surface area contributed by atoms with E-state index in [0.717, 1.165) is 54.3 Å². The van der Waals surface area contributed by atoms with E-state index in [1.54, 1.807) is 36.0 Å². The van der Waals surface area contributed by atoms with E-state index in [2.05, 4.69) is 15.3 Å². The highest BCUT2D eigenvalue weighted by molar-refractivity contribution is 7.99. The first-order chi connectivity index (χ1) is 15.6. The van der Waals surface area contributed by atoms with Gasteiger partial charge in [0.05, 0.1) is 5.02 Å². The first kappa shape index (κ1) is 24.1. The monoisotopic (exact) mass is 475 g/mol. The number of nitrogens with two attached hydrogens (primary N) is 2. The molecule has 0 fully saturated rings. The zero-order valence-corrected chi connectivity index (χ0v) is 19.3. The quantitative estimate of drug-likeness (QED) is 0.173. The van der Waals surface area contributed by atoms with Gasteiger partial charge in [-0.15, -0.1) is 11.8 Å². The van der Waals surface area contributed by atoms with Gasteiger partial charge < -0.3 is 21.5 Å². The Kier molecular flexibility index (Phi) is 9.40. The average Bonchev–Trinajstić information content (AvgIpc) is 2.78. The normalized spacial score (nSPS) is 10.8. The number of benzene rings is 2. The fourth-order valence-electron chi connectivity index (χ4n) is 2.98. The molecule has 1 aromatic heterocycles. The van der Waals surface area contributed by atoms with Crippen molar-refractivity contribution in [1.82, 2.24) is 9.97 Å². The highest BCUT2D eigenvalue weighted by Crippen LogP contribution is 2.33. The summed E-state index contributed by atoms with van der Waals surface area (Å²) in [4.78, 5) is 8.55. The lowest BCUT2D eigenvalue weighted by Gasteiger charge is -2.13. The predicted octanol–water partition coefficient (Wildman–Crippen LogP) is 5.79. The number of unbranched alkanes of at least 4 members (excludes halogenated alkanes) is 3. The summed E-state index contributed by atoms with van der Waals surface area (Å²) in [7, 11) is 0. The van der Waals surface area contributed by atoms with E-state index in [4.69, 9.17) is 27.8 Å². The smallest absolute Gasteiger partial charge is 0.158 e. The van der Waals surface area contributed by atoms with Gasteiger partial charge in [0, 0.05) is 5.69 Å². The van der Waals surface area contributed by atoms with Crippen LogP contribution in [0.2, 0.25) is 5.02 Å². The van der Waals surface area contributed by atoms with Crippen molar-refractivity contribution in [2.24, 2.45) is 5.73 Å². The highest BCUT2D eigenvalue weighted by Gasteiger charge is 2.11. The number of hydrogen-bond acceptors (Lipinski definition) is 7. The molecule has 0 saturated carbocycles. The van der Waals surface area contributed by atoms with Crippen molar-refractivity contribution < 1.29 is 9.13 Å². The molecule has 9 heteroatoms. The van der Waals surface area contributed by atoms with Crippen molar-refractivity contribution in [2.45, 2.75) is 37.3 Å². The van der Waals surface area contributed by atoms with Crippen LogP contribution in [0.25, 0.3) is 0 Å². The van der Waals surface area contributed by atoms with Crippen LogP contribution in [0.15, 0.2) is 53.8 Å². The molecule has 0 radical (unpaired) electrons. The second kappa shape index (κ2) is 12.5. The minimum absolute atomic E-state index is 0.218. The Balaban J connectivity index is 1.57. The van der Waals surface area contributed by atoms with Crippen molar-refractivity contribution in [2.75, 3.05) is 23.3 Å². The SMILES string of the molecule is NCCCCCCSc1ncnc(Nc2ccc(OCc3cccc(F)c3)c(Cl)c2)c1N. The summed E-state index contributed by atoms with van der Waals surface area (Å²) >= 11 is 7.99. The van der Waals surface area contributed by atoms with Gasteiger partial charge in [-0.1, -0.05) is 36.6 Å². The molecule has 170 valence electrons. The molecule has 0 saturated heterocycles. The molecule has 0 aliphatic heterocycles. The van der Waals surface area contributed by atoms with Crippen LogP contribution in [0.5, 0.6) is 5.75 Å². The van der Waals surface area contributed by atoms with Crippen molar-refractivity contribution in [1.29, 1.82) is 0 Å². The van der Waals surface area contributed by atoms with E-state index in [1.807, 2.05) is 6.07 Å². The van der Waals surface area contributed by atoms with Gasteiger partial charge in [0.1, 0.15) is 35.2 Å². The Hall–Kier alpha value is -2.55. The summed E-state index contributed by atoms with van der Waals surface area (Å²) in [5.74, 6) is 1.66. The van der Waals surface area contributed by atoms with Crippen molar-refractivity contribution in [3.8, 4) is 5.75 Å². The Morgan fingerprint density at radius 2 is 1.91 bits per heavy atom. The number of thioether (sulfide) groups is 1. The molecule has 5 N–H and O–H groups in total. The number of anilines is 3. The lowest BCUT2D eigenvalue weighted by molar-refractivity contribution is 0.306. The Labute approximate surface area is 196 Å². The maximum absolute atomic E-state index is 13.3. The molecule has 0 atom stereocenters. The second-order valence-corrected chi connectivity index (χ2v) is 8.67. The molecular formula is C23H27ClFN5OS. The number of hydrogen-bond donors (Lipinski definition) is 3. The fraction of sp³-hybridized carbons (Fsp3) is 0.304. The molecule has 3 aromatic rings. The molecule has 3 rings (SSSR count). The van der Waals surface area contributed by atoms with E-state index in [9.17, 15) is 4.39 Å². The number of nitrogens with one attached hydrogen (secondary N) is 1. The third kappa shape index (κ3) is 7.25. The topological polar surface area (TPSA) is 99.1 Å². The number of halogens is 2. The van der Waals surface area contributed by atoms with Gasteiger partial charge in [0.2, 0.25) is 0 Å². The van der Waals surface area contributed by atoms with E-state index < -0.39 is 0 Å². The molecule has 6 nitrogen and oxygen atoms in total. The average molecular weight is 476 g/mol. The fourth-order valence-corrected chi connectivity index (χ4v) is 4.13. The van der Waals surface area contributed by atoms with Crippen LogP contribution in [0, 0.1) is 5.82 Å². The molecular weight excluding hydrogens is 449 g/mol. The molecule has 32 heavy (non-hydrogen) atoms. The Bertz CT molecular complexity index is 1020. The van der Waals surface area contributed by atoms with E-state index in [1.165, 1.54) is 18.5 Å². The van der Waals surface area contributed by atoms with E-state index in [-0.39, 0.29) is 12.4 Å². The first-order valence-corrected chi connectivity index (χ1v) is 11.8. The maximum Gasteiger partial charge on any atom is 0.158 e. The Morgan fingerprint density at radius 1 is 1.06 bits per heavy atom. The molecule has 1 heterocycles. The van der Waals surface area contributed by atoms with Crippen LogP contribution in [-0.2, 0) is 6.61 Å². The molecule has 0 unspecified atom stereocenters. The van der Waals surface area contributed by atoms with E-state index in [0.29, 0.717) is 22.3 Å². The summed E-state index contributed by atoms with van der Waals surface area (Å²) in [6.07, 6.45) is 5.93. The van der Waals surface area contributed by atoms with Crippen LogP contribution in [0.4, 0.5) is 21.6 Å². The third-order valence-corrected chi connectivity index (χ3v) is 6.05. The van der Waals surface area contributed by atoms with Gasteiger partial charge in [-0.2, -0.15) is 0 Å². The summed E-state index contributed by atoms with van der Waals surface area (Å²) in [5, 5.41) is 4.36. The van der Waals surface area contributed by atoms with Crippen LogP contribution in [-0.4, -0.2) is 22.3 Å². The summed E-state index contributed by atoms with van der Waals surface area (Å²) < 4.78 is 19.0. The van der Waals surface area contributed by atoms with Gasteiger partial charge in [-0.05, 0) is 61.0 Å². The summed E-state index contributed by atoms with van der Waals surface area (Å²) in [5.41, 5.74) is 13.7. The van der Waals surface area contributed by atoms with E-state index >= 15 is 0 Å². The standard InChI is InChI=1S/C23H27ClFN5OS/c24-19-13-18(8-9-20(19)31-14-16-6-5-7-17(25)12-16)30-22-21(27)23(29-15-28-22)32-11-4-2-1-3-10-26/h5-9,12-13,15H,1-4,10-11,14,26-27H2,(H,28,29,30). The summed E-state index contributed by atoms with van der Waals surface area (Å²) in [6.45, 7) is 0.959. The molecule has 0 aliphatic rings. The lowest BCUT2D eigenvalue weighted by atomic mass is 10.2. The predicted molar refractivity (Wildman–Crippen MR) is 130 cm³/mol. The highest BCUT2D eigenvalue weighted by atomic mass is 35.5. The molecule has 0 bridgehead atoms. The zero-order chi connectivity index (χ0) is 22.8. The molecule has 0 amide bonds. The minimum Gasteiger partial charge on any atom is -0.487 e. The second-order valence-electron chi connectivity index (χ2n) is 7.18. The van der Waals surface area contributed by atoms with Crippen molar-refractivity contribution >= 4 is 40.6 Å². The van der Waals surface area contributed by atoms with Crippen molar-refractivity contribution in [3.63, 3.8) is 0 Å².